The van der Waals surface area contributed by atoms with E-state index in [1.807, 2.05) is 60.7 Å². The summed E-state index contributed by atoms with van der Waals surface area (Å²) in [4.78, 5) is 12.3. The molecule has 122 valence electrons. The Morgan fingerprint density at radius 1 is 0.654 bits per heavy atom. The van der Waals surface area contributed by atoms with Gasteiger partial charge in [0.05, 0.1) is 0 Å². The van der Waals surface area contributed by atoms with Crippen LogP contribution in [0.4, 0.5) is 0 Å². The molecule has 26 heavy (non-hydrogen) atoms. The van der Waals surface area contributed by atoms with Crippen molar-refractivity contribution in [2.24, 2.45) is 0 Å². The second-order valence-corrected chi connectivity index (χ2v) is 7.21. The normalized spacial score (nSPS) is 14.3. The van der Waals surface area contributed by atoms with Gasteiger partial charge in [-0.15, -0.1) is 0 Å². The molecule has 0 radical (unpaired) electrons. The maximum atomic E-state index is 12.3. The fourth-order valence-electron chi connectivity index (χ4n) is 3.43. The fraction of sp³-hybridized carbons (Fsp3) is 0. The van der Waals surface area contributed by atoms with Gasteiger partial charge in [0.1, 0.15) is 11.5 Å². The van der Waals surface area contributed by atoms with E-state index in [1.165, 1.54) is 0 Å². The summed E-state index contributed by atoms with van der Waals surface area (Å²) in [6.45, 7) is 0. The van der Waals surface area contributed by atoms with E-state index in [0.29, 0.717) is 0 Å². The third-order valence-corrected chi connectivity index (χ3v) is 5.29. The van der Waals surface area contributed by atoms with E-state index in [-0.39, 0.29) is 41.1 Å². The average molecular weight is 370 g/mol. The third kappa shape index (κ3) is 2.75. The number of phosphoric ester groups is 1. The zero-order chi connectivity index (χ0) is 17.0. The van der Waals surface area contributed by atoms with Crippen LogP contribution in [0.15, 0.2) is 72.8 Å². The summed E-state index contributed by atoms with van der Waals surface area (Å²) in [5.41, 5.74) is 1.47. The minimum atomic E-state index is -4.50. The summed E-state index contributed by atoms with van der Waals surface area (Å²) >= 11 is 0. The van der Waals surface area contributed by atoms with Crippen LogP contribution in [0.1, 0.15) is 0 Å². The van der Waals surface area contributed by atoms with Crippen molar-refractivity contribution in [1.29, 1.82) is 0 Å². The third-order valence-electron chi connectivity index (χ3n) is 4.45. The zero-order valence-electron chi connectivity index (χ0n) is 14.0. The largest absolute Gasteiger partial charge is 1.00 e. The molecule has 1 aliphatic heterocycles. The molecule has 1 heterocycles. The van der Waals surface area contributed by atoms with Crippen molar-refractivity contribution in [2.45, 2.75) is 0 Å². The first kappa shape index (κ1) is 17.6. The minimum absolute atomic E-state index is 0. The Hall–Kier alpha value is -1.81. The molecule has 0 saturated heterocycles. The zero-order valence-corrected chi connectivity index (χ0v) is 16.9. The number of benzene rings is 4. The van der Waals surface area contributed by atoms with Crippen LogP contribution in [0.3, 0.4) is 0 Å². The molecule has 0 atom stereocenters. The molecule has 4 aromatic carbocycles. The Labute approximate surface area is 172 Å². The number of fused-ring (bicyclic) bond motifs is 7. The van der Waals surface area contributed by atoms with Gasteiger partial charge in [-0.05, 0) is 33.7 Å². The molecule has 5 rings (SSSR count). The van der Waals surface area contributed by atoms with Crippen molar-refractivity contribution < 1.29 is 48.1 Å². The van der Waals surface area contributed by atoms with Gasteiger partial charge in [-0.3, -0.25) is 0 Å². The van der Waals surface area contributed by atoms with Gasteiger partial charge in [-0.1, -0.05) is 60.7 Å². The molecule has 0 amide bonds. The smallest absolute Gasteiger partial charge is 0.736 e. The number of rotatable bonds is 0. The van der Waals surface area contributed by atoms with Gasteiger partial charge in [-0.25, -0.2) is 4.57 Å². The summed E-state index contributed by atoms with van der Waals surface area (Å²) in [6.07, 6.45) is 0. The van der Waals surface area contributed by atoms with E-state index in [2.05, 4.69) is 0 Å². The topological polar surface area (TPSA) is 58.6 Å². The monoisotopic (exact) mass is 370 g/mol. The van der Waals surface area contributed by atoms with Crippen molar-refractivity contribution in [3.8, 4) is 22.6 Å². The van der Waals surface area contributed by atoms with Crippen LogP contribution < -0.4 is 43.5 Å². The molecule has 0 unspecified atom stereocenters. The van der Waals surface area contributed by atoms with Crippen molar-refractivity contribution in [3.05, 3.63) is 72.8 Å². The van der Waals surface area contributed by atoms with Crippen LogP contribution in [-0.4, -0.2) is 0 Å². The van der Waals surface area contributed by atoms with Crippen LogP contribution in [-0.2, 0) is 4.57 Å². The maximum Gasteiger partial charge on any atom is 1.00 e. The summed E-state index contributed by atoms with van der Waals surface area (Å²) < 4.78 is 22.8. The fourth-order valence-corrected chi connectivity index (χ4v) is 4.25. The maximum absolute atomic E-state index is 12.3. The second kappa shape index (κ2) is 6.41. The molecular weight excluding hydrogens is 358 g/mol. The number of phosphoric acid groups is 1. The molecule has 1 aliphatic rings. The molecule has 0 aromatic heterocycles. The summed E-state index contributed by atoms with van der Waals surface area (Å²) in [5.74, 6) is 0.569. The Morgan fingerprint density at radius 3 is 1.54 bits per heavy atom. The Morgan fingerprint density at radius 2 is 1.08 bits per heavy atom. The predicted molar refractivity (Wildman–Crippen MR) is 95.8 cm³/mol. The van der Waals surface area contributed by atoms with E-state index in [4.69, 9.17) is 9.05 Å². The van der Waals surface area contributed by atoms with E-state index in [0.717, 1.165) is 32.7 Å². The standard InChI is InChI=1S/C20H13O4P.Na/c21-25(22)23-17-11-9-13-5-1-3-7-15(13)19(17)20-16-8-4-2-6-14(16)10-12-18(20)24-25;/h1-12H,(H,21,22);/q;+1/p-1. The van der Waals surface area contributed by atoms with Gasteiger partial charge >= 0.3 is 37.4 Å². The molecule has 4 nitrogen and oxygen atoms in total. The number of hydrogen-bond acceptors (Lipinski definition) is 4. The predicted octanol–water partition coefficient (Wildman–Crippen LogP) is 1.90. The molecule has 0 N–H and O–H groups in total. The quantitative estimate of drug-likeness (QED) is 0.351. The van der Waals surface area contributed by atoms with Crippen molar-refractivity contribution in [2.75, 3.05) is 0 Å². The van der Waals surface area contributed by atoms with E-state index in [9.17, 15) is 9.46 Å². The summed E-state index contributed by atoms with van der Waals surface area (Å²) in [5, 5.41) is 3.85. The minimum Gasteiger partial charge on any atom is -0.736 e. The second-order valence-electron chi connectivity index (χ2n) is 5.95. The SMILES string of the molecule is O=P1([O-])Oc2ccc3ccccc3c2-c2c(ccc3ccccc23)O1.[Na+]. The Bertz CT molecular complexity index is 1110. The van der Waals surface area contributed by atoms with Crippen LogP contribution >= 0.6 is 7.82 Å². The van der Waals surface area contributed by atoms with Gasteiger partial charge in [0.15, 0.2) is 0 Å². The van der Waals surface area contributed by atoms with Crippen LogP contribution in [0.5, 0.6) is 11.5 Å². The Balaban J connectivity index is 0.00000168. The van der Waals surface area contributed by atoms with Gasteiger partial charge in [0.2, 0.25) is 0 Å². The first-order valence-corrected chi connectivity index (χ1v) is 9.33. The van der Waals surface area contributed by atoms with Crippen molar-refractivity contribution in [1.82, 2.24) is 0 Å². The van der Waals surface area contributed by atoms with Gasteiger partial charge in [-0.2, -0.15) is 0 Å². The van der Waals surface area contributed by atoms with Gasteiger partial charge in [0, 0.05) is 11.1 Å². The molecule has 4 aromatic rings. The van der Waals surface area contributed by atoms with Crippen LogP contribution in [0.25, 0.3) is 32.7 Å². The molecule has 0 fully saturated rings. The van der Waals surface area contributed by atoms with Gasteiger partial charge < -0.3 is 13.9 Å². The van der Waals surface area contributed by atoms with Crippen molar-refractivity contribution in [3.63, 3.8) is 0 Å². The van der Waals surface area contributed by atoms with Gasteiger partial charge in [0.25, 0.3) is 0 Å². The summed E-state index contributed by atoms with van der Waals surface area (Å²) in [6, 6.07) is 22.7. The first-order chi connectivity index (χ1) is 12.1. The van der Waals surface area contributed by atoms with E-state index >= 15 is 0 Å². The Kier molecular flexibility index (Phi) is 4.34. The molecule has 0 saturated carbocycles. The molecule has 0 bridgehead atoms. The number of hydrogen-bond donors (Lipinski definition) is 0. The first-order valence-electron chi connectivity index (χ1n) is 7.86. The molecule has 6 heteroatoms. The van der Waals surface area contributed by atoms with Crippen LogP contribution in [0, 0.1) is 0 Å². The van der Waals surface area contributed by atoms with E-state index < -0.39 is 7.82 Å². The molecular formula is C20H12NaO4P. The molecule has 0 spiro atoms. The summed E-state index contributed by atoms with van der Waals surface area (Å²) in [7, 11) is -4.50. The van der Waals surface area contributed by atoms with Crippen LogP contribution in [0.2, 0.25) is 0 Å². The van der Waals surface area contributed by atoms with Crippen molar-refractivity contribution >= 4 is 29.4 Å². The van der Waals surface area contributed by atoms with E-state index in [1.54, 1.807) is 12.1 Å². The average Bonchev–Trinajstić information content (AvgIpc) is 2.73. The molecule has 0 aliphatic carbocycles.